The summed E-state index contributed by atoms with van der Waals surface area (Å²) in [4.78, 5) is 2.39. The molecule has 0 fully saturated rings. The number of alkyl halides is 1. The van der Waals surface area contributed by atoms with Gasteiger partial charge in [0.05, 0.1) is 0 Å². The Morgan fingerprint density at radius 1 is 1.36 bits per heavy atom. The predicted molar refractivity (Wildman–Crippen MR) is 66.1 cm³/mol. The molecule has 1 unspecified atom stereocenters. The van der Waals surface area contributed by atoms with Gasteiger partial charge in [-0.15, -0.1) is 0 Å². The highest BCUT2D eigenvalue weighted by molar-refractivity contribution is 9.09. The van der Waals surface area contributed by atoms with Crippen molar-refractivity contribution in [3.63, 3.8) is 0 Å². The minimum atomic E-state index is 0.749. The topological polar surface area (TPSA) is 12.5 Å². The molecular formula is C11H24BrNO. The number of ether oxygens (including phenoxy) is 1. The van der Waals surface area contributed by atoms with Gasteiger partial charge in [0.15, 0.2) is 0 Å². The summed E-state index contributed by atoms with van der Waals surface area (Å²) in [5.41, 5.74) is 0. The number of nitrogens with zero attached hydrogens (tertiary/aromatic N) is 1. The number of rotatable bonds is 8. The second-order valence-corrected chi connectivity index (χ2v) is 4.91. The average Bonchev–Trinajstić information content (AvgIpc) is 2.14. The molecule has 0 aromatic rings. The zero-order valence-corrected chi connectivity index (χ0v) is 11.5. The third-order valence-corrected chi connectivity index (χ3v) is 3.41. The highest BCUT2D eigenvalue weighted by atomic mass is 79.9. The first-order valence-corrected chi connectivity index (χ1v) is 6.47. The van der Waals surface area contributed by atoms with Crippen LogP contribution in [0.2, 0.25) is 0 Å². The van der Waals surface area contributed by atoms with Crippen molar-refractivity contribution >= 4 is 15.9 Å². The van der Waals surface area contributed by atoms with E-state index in [1.165, 1.54) is 6.54 Å². The van der Waals surface area contributed by atoms with Gasteiger partial charge in [0.25, 0.3) is 0 Å². The van der Waals surface area contributed by atoms with Crippen molar-refractivity contribution in [1.29, 1.82) is 0 Å². The fourth-order valence-corrected chi connectivity index (χ4v) is 2.36. The largest absolute Gasteiger partial charge is 0.385 e. The third kappa shape index (κ3) is 6.80. The maximum absolute atomic E-state index is 5.04. The molecule has 0 heterocycles. The van der Waals surface area contributed by atoms with Crippen molar-refractivity contribution in [3.8, 4) is 0 Å². The molecule has 0 bridgehead atoms. The van der Waals surface area contributed by atoms with Crippen molar-refractivity contribution in [2.75, 3.05) is 39.2 Å². The molecule has 0 aromatic carbocycles. The molecule has 0 aromatic heterocycles. The van der Waals surface area contributed by atoms with Crippen LogP contribution in [0.5, 0.6) is 0 Å². The van der Waals surface area contributed by atoms with Gasteiger partial charge in [-0.05, 0) is 25.3 Å². The van der Waals surface area contributed by atoms with Crippen LogP contribution in [-0.4, -0.2) is 44.1 Å². The SMILES string of the molecule is COCCCN(C)CC(CBr)C(C)C. The second-order valence-electron chi connectivity index (χ2n) is 4.27. The molecule has 3 heteroatoms. The van der Waals surface area contributed by atoms with E-state index in [1.807, 2.05) is 0 Å². The minimum Gasteiger partial charge on any atom is -0.385 e. The number of halogens is 1. The monoisotopic (exact) mass is 265 g/mol. The molecule has 0 saturated carbocycles. The van der Waals surface area contributed by atoms with Gasteiger partial charge < -0.3 is 9.64 Å². The standard InChI is InChI=1S/C11H24BrNO/c1-10(2)11(8-12)9-13(3)6-5-7-14-4/h10-11H,5-9H2,1-4H3. The van der Waals surface area contributed by atoms with Gasteiger partial charge in [0.1, 0.15) is 0 Å². The molecule has 86 valence electrons. The molecule has 0 amide bonds. The van der Waals surface area contributed by atoms with Crippen molar-refractivity contribution in [3.05, 3.63) is 0 Å². The Morgan fingerprint density at radius 2 is 2.00 bits per heavy atom. The quantitative estimate of drug-likeness (QED) is 0.494. The summed E-state index contributed by atoms with van der Waals surface area (Å²) in [5.74, 6) is 1.50. The zero-order valence-electron chi connectivity index (χ0n) is 9.92. The van der Waals surface area contributed by atoms with E-state index >= 15 is 0 Å². The second kappa shape index (κ2) is 8.69. The molecule has 0 saturated heterocycles. The summed E-state index contributed by atoms with van der Waals surface area (Å²) in [6, 6.07) is 0. The summed E-state index contributed by atoms with van der Waals surface area (Å²) in [6.07, 6.45) is 1.13. The fraction of sp³-hybridized carbons (Fsp3) is 1.00. The maximum atomic E-state index is 5.04. The Labute approximate surface area is 97.1 Å². The predicted octanol–water partition coefficient (Wildman–Crippen LogP) is 2.62. The van der Waals surface area contributed by atoms with E-state index in [9.17, 15) is 0 Å². The molecule has 14 heavy (non-hydrogen) atoms. The van der Waals surface area contributed by atoms with E-state index in [-0.39, 0.29) is 0 Å². The first-order chi connectivity index (χ1) is 6.61. The van der Waals surface area contributed by atoms with Gasteiger partial charge >= 0.3 is 0 Å². The van der Waals surface area contributed by atoms with Crippen LogP contribution in [0.1, 0.15) is 20.3 Å². The lowest BCUT2D eigenvalue weighted by Crippen LogP contribution is -2.30. The van der Waals surface area contributed by atoms with Gasteiger partial charge in [-0.3, -0.25) is 0 Å². The van der Waals surface area contributed by atoms with Crippen LogP contribution in [0.4, 0.5) is 0 Å². The average molecular weight is 266 g/mol. The highest BCUT2D eigenvalue weighted by Gasteiger charge is 2.13. The van der Waals surface area contributed by atoms with Gasteiger partial charge in [0.2, 0.25) is 0 Å². The molecule has 0 rings (SSSR count). The maximum Gasteiger partial charge on any atom is 0.0474 e. The number of hydrogen-bond acceptors (Lipinski definition) is 2. The van der Waals surface area contributed by atoms with E-state index < -0.39 is 0 Å². The number of hydrogen-bond donors (Lipinski definition) is 0. The minimum absolute atomic E-state index is 0.749. The van der Waals surface area contributed by atoms with Crippen LogP contribution >= 0.6 is 15.9 Å². The Hall–Kier alpha value is 0.400. The van der Waals surface area contributed by atoms with Crippen molar-refractivity contribution in [2.45, 2.75) is 20.3 Å². The lowest BCUT2D eigenvalue weighted by molar-refractivity contribution is 0.171. The lowest BCUT2D eigenvalue weighted by Gasteiger charge is -2.25. The molecule has 0 aliphatic carbocycles. The fourth-order valence-electron chi connectivity index (χ4n) is 1.41. The normalized spacial score (nSPS) is 13.9. The van der Waals surface area contributed by atoms with E-state index in [2.05, 4.69) is 41.7 Å². The van der Waals surface area contributed by atoms with Gasteiger partial charge in [0, 0.05) is 32.1 Å². The van der Waals surface area contributed by atoms with Crippen molar-refractivity contribution in [1.82, 2.24) is 4.90 Å². The summed E-state index contributed by atoms with van der Waals surface area (Å²) in [6.45, 7) is 7.74. The smallest absolute Gasteiger partial charge is 0.0474 e. The summed E-state index contributed by atoms with van der Waals surface area (Å²) < 4.78 is 5.04. The summed E-state index contributed by atoms with van der Waals surface area (Å²) in [7, 11) is 3.95. The van der Waals surface area contributed by atoms with Crippen LogP contribution < -0.4 is 0 Å². The van der Waals surface area contributed by atoms with Crippen LogP contribution in [0.15, 0.2) is 0 Å². The van der Waals surface area contributed by atoms with Crippen LogP contribution in [0.3, 0.4) is 0 Å². The molecule has 0 radical (unpaired) electrons. The van der Waals surface area contributed by atoms with E-state index in [1.54, 1.807) is 7.11 Å². The number of methoxy groups -OCH3 is 1. The Kier molecular flexibility index (Phi) is 8.94. The van der Waals surface area contributed by atoms with Gasteiger partial charge in [-0.25, -0.2) is 0 Å². The molecule has 1 atom stereocenters. The Morgan fingerprint density at radius 3 is 2.43 bits per heavy atom. The molecule has 0 N–H and O–H groups in total. The highest BCUT2D eigenvalue weighted by Crippen LogP contribution is 2.14. The molecular weight excluding hydrogens is 242 g/mol. The molecule has 2 nitrogen and oxygen atoms in total. The Bertz CT molecular complexity index is 130. The van der Waals surface area contributed by atoms with Gasteiger partial charge in [-0.2, -0.15) is 0 Å². The van der Waals surface area contributed by atoms with E-state index in [0.717, 1.165) is 36.7 Å². The van der Waals surface area contributed by atoms with Crippen LogP contribution in [-0.2, 0) is 4.74 Å². The summed E-state index contributed by atoms with van der Waals surface area (Å²) >= 11 is 3.58. The Balaban J connectivity index is 3.62. The third-order valence-electron chi connectivity index (χ3n) is 2.58. The van der Waals surface area contributed by atoms with E-state index in [4.69, 9.17) is 4.74 Å². The van der Waals surface area contributed by atoms with E-state index in [0.29, 0.717) is 0 Å². The van der Waals surface area contributed by atoms with Crippen molar-refractivity contribution < 1.29 is 4.74 Å². The molecule has 0 spiro atoms. The van der Waals surface area contributed by atoms with Crippen LogP contribution in [0.25, 0.3) is 0 Å². The lowest BCUT2D eigenvalue weighted by atomic mass is 9.98. The first kappa shape index (κ1) is 14.4. The first-order valence-electron chi connectivity index (χ1n) is 5.35. The molecule has 0 aliphatic rings. The summed E-state index contributed by atoms with van der Waals surface area (Å²) in [5, 5.41) is 1.10. The van der Waals surface area contributed by atoms with Crippen LogP contribution in [0, 0.1) is 11.8 Å². The van der Waals surface area contributed by atoms with Crippen molar-refractivity contribution in [2.24, 2.45) is 11.8 Å². The van der Waals surface area contributed by atoms with Gasteiger partial charge in [-0.1, -0.05) is 29.8 Å². The zero-order chi connectivity index (χ0) is 11.0. The molecule has 0 aliphatic heterocycles.